The first-order chi connectivity index (χ1) is 7.70. The topological polar surface area (TPSA) is 42.9 Å². The molecule has 0 spiro atoms. The van der Waals surface area contributed by atoms with Crippen LogP contribution in [0.5, 0.6) is 0 Å². The Morgan fingerprint density at radius 1 is 1.25 bits per heavy atom. The molecule has 4 heteroatoms. The second-order valence-electron chi connectivity index (χ2n) is 3.44. The fraction of sp³-hybridized carbons (Fsp3) is 0.0833. The summed E-state index contributed by atoms with van der Waals surface area (Å²) in [5.74, 6) is -0.112. The summed E-state index contributed by atoms with van der Waals surface area (Å²) < 4.78 is 13.3. The Morgan fingerprint density at radius 2 is 1.94 bits per heavy atom. The Hall–Kier alpha value is -2.10. The summed E-state index contributed by atoms with van der Waals surface area (Å²) in [6.07, 6.45) is 3.80. The van der Waals surface area contributed by atoms with Crippen molar-refractivity contribution >= 4 is 6.29 Å². The molecule has 3 nitrogen and oxygen atoms in total. The number of nitrogens with zero attached hydrogens (tertiary/aromatic N) is 2. The van der Waals surface area contributed by atoms with Gasteiger partial charge in [0.25, 0.3) is 0 Å². The number of carbonyl (C=O) groups is 1. The second kappa shape index (κ2) is 4.18. The number of rotatable bonds is 2. The van der Waals surface area contributed by atoms with Crippen molar-refractivity contribution in [3.8, 4) is 11.4 Å². The first-order valence-corrected chi connectivity index (χ1v) is 4.74. The van der Waals surface area contributed by atoms with E-state index in [9.17, 15) is 9.18 Å². The Balaban J connectivity index is 2.45. The predicted octanol–water partition coefficient (Wildman–Crippen LogP) is 2.40. The summed E-state index contributed by atoms with van der Waals surface area (Å²) in [4.78, 5) is 18.6. The standard InChI is InChI=1S/C12H9FN2O/c1-8-5-14-12(15-6-8)9-2-3-10(7-16)11(13)4-9/h2-7H,1H3. The third kappa shape index (κ3) is 1.95. The van der Waals surface area contributed by atoms with Crippen LogP contribution in [0.3, 0.4) is 0 Å². The molecule has 0 saturated heterocycles. The summed E-state index contributed by atoms with van der Waals surface area (Å²) >= 11 is 0. The number of hydrogen-bond donors (Lipinski definition) is 0. The van der Waals surface area contributed by atoms with Crippen LogP contribution >= 0.6 is 0 Å². The molecule has 0 N–H and O–H groups in total. The van der Waals surface area contributed by atoms with E-state index in [0.29, 0.717) is 17.7 Å². The number of aromatic nitrogens is 2. The van der Waals surface area contributed by atoms with E-state index >= 15 is 0 Å². The zero-order valence-corrected chi connectivity index (χ0v) is 8.64. The molecule has 0 fully saturated rings. The van der Waals surface area contributed by atoms with E-state index in [0.717, 1.165) is 5.56 Å². The molecule has 0 atom stereocenters. The van der Waals surface area contributed by atoms with Crippen molar-refractivity contribution in [3.63, 3.8) is 0 Å². The lowest BCUT2D eigenvalue weighted by Crippen LogP contribution is -1.92. The van der Waals surface area contributed by atoms with Gasteiger partial charge in [0.1, 0.15) is 5.82 Å². The molecule has 1 aromatic carbocycles. The van der Waals surface area contributed by atoms with Gasteiger partial charge in [-0.2, -0.15) is 0 Å². The van der Waals surface area contributed by atoms with Crippen LogP contribution in [-0.2, 0) is 0 Å². The molecule has 16 heavy (non-hydrogen) atoms. The lowest BCUT2D eigenvalue weighted by Gasteiger charge is -2.01. The predicted molar refractivity (Wildman–Crippen MR) is 57.6 cm³/mol. The van der Waals surface area contributed by atoms with E-state index in [2.05, 4.69) is 9.97 Å². The van der Waals surface area contributed by atoms with Gasteiger partial charge in [0.15, 0.2) is 12.1 Å². The fourth-order valence-electron chi connectivity index (χ4n) is 1.30. The maximum absolute atomic E-state index is 13.3. The van der Waals surface area contributed by atoms with Gasteiger partial charge >= 0.3 is 0 Å². The highest BCUT2D eigenvalue weighted by molar-refractivity contribution is 5.76. The lowest BCUT2D eigenvalue weighted by molar-refractivity contribution is 0.112. The number of halogens is 1. The van der Waals surface area contributed by atoms with Gasteiger partial charge in [0.2, 0.25) is 0 Å². The highest BCUT2D eigenvalue weighted by atomic mass is 19.1. The van der Waals surface area contributed by atoms with Crippen LogP contribution in [0.1, 0.15) is 15.9 Å². The Bertz CT molecular complexity index is 523. The molecule has 80 valence electrons. The maximum Gasteiger partial charge on any atom is 0.159 e. The number of hydrogen-bond acceptors (Lipinski definition) is 3. The summed E-state index contributed by atoms with van der Waals surface area (Å²) in [5, 5.41) is 0. The van der Waals surface area contributed by atoms with E-state index in [4.69, 9.17) is 0 Å². The molecule has 0 bridgehead atoms. The van der Waals surface area contributed by atoms with Crippen molar-refractivity contribution in [2.24, 2.45) is 0 Å². The van der Waals surface area contributed by atoms with Gasteiger partial charge in [0, 0.05) is 18.0 Å². The maximum atomic E-state index is 13.3. The van der Waals surface area contributed by atoms with Crippen molar-refractivity contribution in [1.82, 2.24) is 9.97 Å². The molecular formula is C12H9FN2O. The van der Waals surface area contributed by atoms with E-state index in [-0.39, 0.29) is 5.56 Å². The van der Waals surface area contributed by atoms with Gasteiger partial charge in [-0.1, -0.05) is 6.07 Å². The molecular weight excluding hydrogens is 207 g/mol. The molecule has 0 aliphatic rings. The third-order valence-electron chi connectivity index (χ3n) is 2.17. The minimum Gasteiger partial charge on any atom is -0.298 e. The Labute approximate surface area is 92.0 Å². The van der Waals surface area contributed by atoms with Crippen LogP contribution in [0.2, 0.25) is 0 Å². The van der Waals surface area contributed by atoms with E-state index in [1.54, 1.807) is 18.5 Å². The van der Waals surface area contributed by atoms with E-state index < -0.39 is 5.82 Å². The van der Waals surface area contributed by atoms with Crippen LogP contribution < -0.4 is 0 Å². The van der Waals surface area contributed by atoms with Gasteiger partial charge in [-0.15, -0.1) is 0 Å². The Kier molecular flexibility index (Phi) is 2.72. The minimum atomic E-state index is -0.559. The monoisotopic (exact) mass is 216 g/mol. The first-order valence-electron chi connectivity index (χ1n) is 4.74. The number of aryl methyl sites for hydroxylation is 1. The van der Waals surface area contributed by atoms with Crippen molar-refractivity contribution in [2.75, 3.05) is 0 Å². The average Bonchev–Trinajstić information content (AvgIpc) is 2.30. The summed E-state index contributed by atoms with van der Waals surface area (Å²) in [6.45, 7) is 1.87. The molecule has 0 unspecified atom stereocenters. The molecule has 0 radical (unpaired) electrons. The molecule has 0 amide bonds. The van der Waals surface area contributed by atoms with Crippen LogP contribution in [0.4, 0.5) is 4.39 Å². The summed E-state index contributed by atoms with van der Waals surface area (Å²) in [6, 6.07) is 4.30. The zero-order chi connectivity index (χ0) is 11.5. The quantitative estimate of drug-likeness (QED) is 0.724. The molecule has 1 aromatic heterocycles. The molecule has 0 aliphatic heterocycles. The van der Waals surface area contributed by atoms with Crippen molar-refractivity contribution in [2.45, 2.75) is 6.92 Å². The first kappa shape index (κ1) is 10.4. The van der Waals surface area contributed by atoms with E-state index in [1.165, 1.54) is 12.1 Å². The number of benzene rings is 1. The highest BCUT2D eigenvalue weighted by Gasteiger charge is 2.05. The normalized spacial score (nSPS) is 10.1. The largest absolute Gasteiger partial charge is 0.298 e. The van der Waals surface area contributed by atoms with Gasteiger partial charge in [-0.05, 0) is 24.6 Å². The Morgan fingerprint density at radius 3 is 2.50 bits per heavy atom. The van der Waals surface area contributed by atoms with E-state index in [1.807, 2.05) is 6.92 Å². The SMILES string of the molecule is Cc1cnc(-c2ccc(C=O)c(F)c2)nc1. The van der Waals surface area contributed by atoms with Gasteiger partial charge in [-0.3, -0.25) is 4.79 Å². The zero-order valence-electron chi connectivity index (χ0n) is 8.64. The molecule has 2 rings (SSSR count). The number of carbonyl (C=O) groups excluding carboxylic acids is 1. The molecule has 0 aliphatic carbocycles. The van der Waals surface area contributed by atoms with Crippen molar-refractivity contribution in [3.05, 3.63) is 47.5 Å². The van der Waals surface area contributed by atoms with Crippen LogP contribution in [-0.4, -0.2) is 16.3 Å². The smallest absolute Gasteiger partial charge is 0.159 e. The third-order valence-corrected chi connectivity index (χ3v) is 2.17. The van der Waals surface area contributed by atoms with Gasteiger partial charge in [0.05, 0.1) is 5.56 Å². The fourth-order valence-corrected chi connectivity index (χ4v) is 1.30. The molecule has 0 saturated carbocycles. The van der Waals surface area contributed by atoms with Crippen LogP contribution in [0, 0.1) is 12.7 Å². The molecule has 1 heterocycles. The minimum absolute atomic E-state index is 0.0378. The average molecular weight is 216 g/mol. The van der Waals surface area contributed by atoms with Crippen molar-refractivity contribution in [1.29, 1.82) is 0 Å². The summed E-state index contributed by atoms with van der Waals surface area (Å²) in [7, 11) is 0. The van der Waals surface area contributed by atoms with Crippen molar-refractivity contribution < 1.29 is 9.18 Å². The molecule has 2 aromatic rings. The highest BCUT2D eigenvalue weighted by Crippen LogP contribution is 2.17. The van der Waals surface area contributed by atoms with Gasteiger partial charge in [-0.25, -0.2) is 14.4 Å². The number of aldehydes is 1. The second-order valence-corrected chi connectivity index (χ2v) is 3.44. The lowest BCUT2D eigenvalue weighted by atomic mass is 10.1. The van der Waals surface area contributed by atoms with Gasteiger partial charge < -0.3 is 0 Å². The van der Waals surface area contributed by atoms with Crippen LogP contribution in [0.15, 0.2) is 30.6 Å². The summed E-state index contributed by atoms with van der Waals surface area (Å²) in [5.41, 5.74) is 1.53. The van der Waals surface area contributed by atoms with Crippen LogP contribution in [0.25, 0.3) is 11.4 Å².